The molecule has 124 valence electrons. The van der Waals surface area contributed by atoms with Crippen LogP contribution in [0.2, 0.25) is 0 Å². The van der Waals surface area contributed by atoms with E-state index in [1.807, 2.05) is 12.1 Å². The summed E-state index contributed by atoms with van der Waals surface area (Å²) < 4.78 is 9.58. The smallest absolute Gasteiger partial charge is 0.356 e. The molecule has 0 atom stereocenters. The van der Waals surface area contributed by atoms with E-state index in [0.717, 1.165) is 0 Å². The third-order valence-corrected chi connectivity index (χ3v) is 3.12. The van der Waals surface area contributed by atoms with Gasteiger partial charge >= 0.3 is 11.9 Å². The summed E-state index contributed by atoms with van der Waals surface area (Å²) in [6, 6.07) is 18.0. The first-order valence-electron chi connectivity index (χ1n) is 7.20. The summed E-state index contributed by atoms with van der Waals surface area (Å²) >= 11 is 0. The first kappa shape index (κ1) is 17.1. The average molecular weight is 326 g/mol. The second-order valence-corrected chi connectivity index (χ2v) is 4.72. The molecule has 0 bridgehead atoms. The van der Waals surface area contributed by atoms with Crippen molar-refractivity contribution in [3.8, 4) is 0 Å². The standard InChI is InChI=1S/C18H18N2O4/c1-23-17(21)15(19-13-9-5-3-6-10-13)16(18(22)24-2)20-14-11-7-4-8-12-14/h3-12,19-20H,1-2H3/b16-15-. The summed E-state index contributed by atoms with van der Waals surface area (Å²) in [6.07, 6.45) is 0. The van der Waals surface area contributed by atoms with Crippen molar-refractivity contribution in [2.45, 2.75) is 0 Å². The van der Waals surface area contributed by atoms with Crippen LogP contribution in [0, 0.1) is 0 Å². The summed E-state index contributed by atoms with van der Waals surface area (Å²) in [5.41, 5.74) is 1.18. The van der Waals surface area contributed by atoms with E-state index in [9.17, 15) is 9.59 Å². The predicted molar refractivity (Wildman–Crippen MR) is 91.2 cm³/mol. The number of rotatable bonds is 6. The van der Waals surface area contributed by atoms with Gasteiger partial charge in [-0.1, -0.05) is 36.4 Å². The van der Waals surface area contributed by atoms with Gasteiger partial charge in [-0.25, -0.2) is 9.59 Å². The summed E-state index contributed by atoms with van der Waals surface area (Å²) in [6.45, 7) is 0. The molecule has 2 N–H and O–H groups in total. The topological polar surface area (TPSA) is 76.7 Å². The van der Waals surface area contributed by atoms with Gasteiger partial charge < -0.3 is 20.1 Å². The molecule has 0 aliphatic carbocycles. The molecule has 0 saturated carbocycles. The molecule has 0 aliphatic rings. The van der Waals surface area contributed by atoms with Gasteiger partial charge in [-0.2, -0.15) is 0 Å². The second kappa shape index (κ2) is 8.38. The summed E-state index contributed by atoms with van der Waals surface area (Å²) in [5, 5.41) is 5.81. The average Bonchev–Trinajstić information content (AvgIpc) is 2.65. The highest BCUT2D eigenvalue weighted by Gasteiger charge is 2.23. The number of ether oxygens (including phenoxy) is 2. The Morgan fingerprint density at radius 3 is 1.29 bits per heavy atom. The Morgan fingerprint density at radius 1 is 0.667 bits per heavy atom. The van der Waals surface area contributed by atoms with Crippen LogP contribution in [0.4, 0.5) is 11.4 Å². The molecule has 0 spiro atoms. The molecule has 2 aromatic carbocycles. The highest BCUT2D eigenvalue weighted by molar-refractivity contribution is 6.04. The van der Waals surface area contributed by atoms with E-state index >= 15 is 0 Å². The molecule has 2 rings (SSSR count). The molecule has 0 amide bonds. The zero-order valence-corrected chi connectivity index (χ0v) is 13.4. The van der Waals surface area contributed by atoms with Gasteiger partial charge in [0.1, 0.15) is 0 Å². The maximum Gasteiger partial charge on any atom is 0.356 e. The van der Waals surface area contributed by atoms with Crippen molar-refractivity contribution in [3.63, 3.8) is 0 Å². The van der Waals surface area contributed by atoms with Crippen LogP contribution in [0.1, 0.15) is 0 Å². The monoisotopic (exact) mass is 326 g/mol. The number of nitrogens with one attached hydrogen (secondary N) is 2. The Morgan fingerprint density at radius 2 is 1.00 bits per heavy atom. The van der Waals surface area contributed by atoms with E-state index in [1.165, 1.54) is 14.2 Å². The largest absolute Gasteiger partial charge is 0.464 e. The predicted octanol–water partition coefficient (Wildman–Crippen LogP) is 2.77. The van der Waals surface area contributed by atoms with Gasteiger partial charge in [0, 0.05) is 11.4 Å². The van der Waals surface area contributed by atoms with E-state index in [-0.39, 0.29) is 11.4 Å². The molecule has 0 fully saturated rings. The van der Waals surface area contributed by atoms with Crippen molar-refractivity contribution in [3.05, 3.63) is 72.1 Å². The summed E-state index contributed by atoms with van der Waals surface area (Å²) in [7, 11) is 2.48. The number of carbonyl (C=O) groups excluding carboxylic acids is 2. The second-order valence-electron chi connectivity index (χ2n) is 4.72. The molecule has 2 aromatic rings. The number of esters is 2. The first-order valence-corrected chi connectivity index (χ1v) is 7.20. The Balaban J connectivity index is 2.46. The molecule has 0 aromatic heterocycles. The number of methoxy groups -OCH3 is 2. The lowest BCUT2D eigenvalue weighted by Gasteiger charge is -2.16. The van der Waals surface area contributed by atoms with Crippen molar-refractivity contribution in [2.24, 2.45) is 0 Å². The SMILES string of the molecule is COC(=O)/C(Nc1ccccc1)=C(/Nc1ccccc1)C(=O)OC. The molecule has 24 heavy (non-hydrogen) atoms. The fourth-order valence-electron chi connectivity index (χ4n) is 1.97. The van der Waals surface area contributed by atoms with E-state index in [4.69, 9.17) is 9.47 Å². The molecule has 0 saturated heterocycles. The van der Waals surface area contributed by atoms with Crippen molar-refractivity contribution >= 4 is 23.3 Å². The quantitative estimate of drug-likeness (QED) is 0.628. The minimum absolute atomic E-state index is 0.0422. The lowest BCUT2D eigenvalue weighted by molar-refractivity contribution is -0.139. The molecule has 0 unspecified atom stereocenters. The number of carbonyl (C=O) groups is 2. The van der Waals surface area contributed by atoms with Crippen LogP contribution in [0.5, 0.6) is 0 Å². The van der Waals surface area contributed by atoms with E-state index in [2.05, 4.69) is 10.6 Å². The molecule has 6 heteroatoms. The van der Waals surface area contributed by atoms with Crippen LogP contribution in [-0.4, -0.2) is 26.2 Å². The van der Waals surface area contributed by atoms with Gasteiger partial charge in [-0.15, -0.1) is 0 Å². The minimum Gasteiger partial charge on any atom is -0.464 e. The number of hydrogen-bond donors (Lipinski definition) is 2. The zero-order chi connectivity index (χ0) is 17.4. The molecule has 0 radical (unpaired) electrons. The maximum absolute atomic E-state index is 12.2. The molecular weight excluding hydrogens is 308 g/mol. The zero-order valence-electron chi connectivity index (χ0n) is 13.4. The number of para-hydroxylation sites is 2. The van der Waals surface area contributed by atoms with Gasteiger partial charge in [0.25, 0.3) is 0 Å². The summed E-state index contributed by atoms with van der Waals surface area (Å²) in [5.74, 6) is -1.38. The van der Waals surface area contributed by atoms with Crippen molar-refractivity contribution < 1.29 is 19.1 Å². The Kier molecular flexibility index (Phi) is 5.96. The van der Waals surface area contributed by atoms with Gasteiger partial charge in [0.2, 0.25) is 0 Å². The normalized spacial score (nSPS) is 11.1. The first-order chi connectivity index (χ1) is 11.7. The van der Waals surface area contributed by atoms with E-state index in [0.29, 0.717) is 11.4 Å². The van der Waals surface area contributed by atoms with Crippen LogP contribution in [0.3, 0.4) is 0 Å². The van der Waals surface area contributed by atoms with Crippen molar-refractivity contribution in [2.75, 3.05) is 24.9 Å². The molecule has 0 aliphatic heterocycles. The third-order valence-electron chi connectivity index (χ3n) is 3.12. The fraction of sp³-hybridized carbons (Fsp3) is 0.111. The van der Waals surface area contributed by atoms with Crippen molar-refractivity contribution in [1.82, 2.24) is 0 Å². The fourth-order valence-corrected chi connectivity index (χ4v) is 1.97. The lowest BCUT2D eigenvalue weighted by atomic mass is 10.2. The van der Waals surface area contributed by atoms with Crippen LogP contribution in [-0.2, 0) is 19.1 Å². The van der Waals surface area contributed by atoms with Gasteiger partial charge in [-0.05, 0) is 24.3 Å². The van der Waals surface area contributed by atoms with E-state index < -0.39 is 11.9 Å². The Hall–Kier alpha value is -3.28. The Bertz CT molecular complexity index is 664. The highest BCUT2D eigenvalue weighted by Crippen LogP contribution is 2.17. The Labute approximate surface area is 140 Å². The van der Waals surface area contributed by atoms with Crippen LogP contribution in [0.25, 0.3) is 0 Å². The third kappa shape index (κ3) is 4.36. The highest BCUT2D eigenvalue weighted by atomic mass is 16.5. The molecule has 0 heterocycles. The summed E-state index contributed by atoms with van der Waals surface area (Å²) in [4.78, 5) is 24.4. The minimum atomic E-state index is -0.692. The van der Waals surface area contributed by atoms with Gasteiger partial charge in [0.05, 0.1) is 14.2 Å². The van der Waals surface area contributed by atoms with Gasteiger partial charge in [-0.3, -0.25) is 0 Å². The lowest BCUT2D eigenvalue weighted by Crippen LogP contribution is -2.24. The van der Waals surface area contributed by atoms with Crippen molar-refractivity contribution in [1.29, 1.82) is 0 Å². The number of benzene rings is 2. The van der Waals surface area contributed by atoms with E-state index in [1.54, 1.807) is 48.5 Å². The van der Waals surface area contributed by atoms with Crippen LogP contribution >= 0.6 is 0 Å². The number of anilines is 2. The van der Waals surface area contributed by atoms with Gasteiger partial charge in [0.15, 0.2) is 11.4 Å². The molecule has 6 nitrogen and oxygen atoms in total. The number of hydrogen-bond acceptors (Lipinski definition) is 6. The molecular formula is C18H18N2O4. The van der Waals surface area contributed by atoms with Crippen LogP contribution < -0.4 is 10.6 Å². The maximum atomic E-state index is 12.2. The van der Waals surface area contributed by atoms with Crippen LogP contribution in [0.15, 0.2) is 72.1 Å².